The number of benzene rings is 1. The Morgan fingerprint density at radius 2 is 2.11 bits per heavy atom. The Labute approximate surface area is 115 Å². The van der Waals surface area contributed by atoms with Crippen LogP contribution in [0.3, 0.4) is 0 Å². The third kappa shape index (κ3) is 3.48. The zero-order chi connectivity index (χ0) is 13.9. The van der Waals surface area contributed by atoms with Gasteiger partial charge in [0.05, 0.1) is 12.3 Å². The highest BCUT2D eigenvalue weighted by molar-refractivity contribution is 7.89. The van der Waals surface area contributed by atoms with E-state index in [2.05, 4.69) is 0 Å². The van der Waals surface area contributed by atoms with E-state index in [-0.39, 0.29) is 11.9 Å². The summed E-state index contributed by atoms with van der Waals surface area (Å²) in [4.78, 5) is 0. The van der Waals surface area contributed by atoms with Crippen LogP contribution in [0, 0.1) is 0 Å². The van der Waals surface area contributed by atoms with Crippen molar-refractivity contribution >= 4 is 10.0 Å². The molecular weight excluding hydrogens is 262 g/mol. The van der Waals surface area contributed by atoms with Crippen molar-refractivity contribution in [1.82, 2.24) is 4.31 Å². The van der Waals surface area contributed by atoms with Gasteiger partial charge in [-0.25, -0.2) is 8.42 Å². The molecule has 0 saturated carbocycles. The lowest BCUT2D eigenvalue weighted by Gasteiger charge is -2.21. The summed E-state index contributed by atoms with van der Waals surface area (Å²) in [6.45, 7) is 4.73. The minimum atomic E-state index is -3.19. The molecule has 0 amide bonds. The first kappa shape index (κ1) is 14.3. The average molecular weight is 283 g/mol. The first-order valence-electron chi connectivity index (χ1n) is 6.75. The molecular formula is C14H21NO3S. The number of unbranched alkanes of at least 4 members (excludes halogenated alkanes) is 1. The van der Waals surface area contributed by atoms with Gasteiger partial charge >= 0.3 is 0 Å². The summed E-state index contributed by atoms with van der Waals surface area (Å²) >= 11 is 0. The Bertz CT molecular complexity index is 527. The fourth-order valence-electron chi connectivity index (χ4n) is 2.21. The van der Waals surface area contributed by atoms with Gasteiger partial charge in [0.15, 0.2) is 0 Å². The van der Waals surface area contributed by atoms with E-state index in [1.54, 1.807) is 4.31 Å². The maximum absolute atomic E-state index is 12.3. The van der Waals surface area contributed by atoms with Crippen LogP contribution in [0.4, 0.5) is 0 Å². The summed E-state index contributed by atoms with van der Waals surface area (Å²) in [6, 6.07) is 7.64. The molecule has 1 aliphatic rings. The van der Waals surface area contributed by atoms with Gasteiger partial charge in [-0.1, -0.05) is 31.5 Å². The van der Waals surface area contributed by atoms with E-state index in [0.29, 0.717) is 19.5 Å². The van der Waals surface area contributed by atoms with Crippen LogP contribution in [0.2, 0.25) is 0 Å². The maximum atomic E-state index is 12.3. The topological polar surface area (TPSA) is 46.6 Å². The number of sulfonamides is 1. The zero-order valence-electron chi connectivity index (χ0n) is 11.5. The van der Waals surface area contributed by atoms with Crippen LogP contribution in [-0.4, -0.2) is 31.1 Å². The van der Waals surface area contributed by atoms with E-state index >= 15 is 0 Å². The largest absolute Gasteiger partial charge is 0.489 e. The lowest BCUT2D eigenvalue weighted by molar-refractivity contribution is 0.201. The highest BCUT2D eigenvalue weighted by atomic mass is 32.2. The van der Waals surface area contributed by atoms with Crippen molar-refractivity contribution in [2.45, 2.75) is 39.3 Å². The van der Waals surface area contributed by atoms with Crippen LogP contribution in [0.5, 0.6) is 5.75 Å². The summed E-state index contributed by atoms with van der Waals surface area (Å²) in [7, 11) is -3.19. The fraction of sp³-hybridized carbons (Fsp3) is 0.571. The Hall–Kier alpha value is -1.07. The second-order valence-corrected chi connectivity index (χ2v) is 7.09. The molecule has 0 saturated heterocycles. The molecule has 0 bridgehead atoms. The zero-order valence-corrected chi connectivity index (χ0v) is 12.3. The Morgan fingerprint density at radius 3 is 2.84 bits per heavy atom. The molecule has 0 radical (unpaired) electrons. The SMILES string of the molecule is CCCCS(=O)(=O)N1Cc2ccccc2OC(C)C1. The van der Waals surface area contributed by atoms with Gasteiger partial charge in [-0.2, -0.15) is 4.31 Å². The molecule has 1 aromatic rings. The molecule has 0 aromatic heterocycles. The smallest absolute Gasteiger partial charge is 0.214 e. The van der Waals surface area contributed by atoms with Gasteiger partial charge in [0.25, 0.3) is 0 Å². The molecule has 0 N–H and O–H groups in total. The molecule has 5 heteroatoms. The first-order chi connectivity index (χ1) is 9.03. The van der Waals surface area contributed by atoms with Gasteiger partial charge in [-0.05, 0) is 19.4 Å². The number of nitrogens with zero attached hydrogens (tertiary/aromatic N) is 1. The molecule has 106 valence electrons. The van der Waals surface area contributed by atoms with Crippen LogP contribution in [0.15, 0.2) is 24.3 Å². The third-order valence-corrected chi connectivity index (χ3v) is 5.13. The van der Waals surface area contributed by atoms with E-state index in [9.17, 15) is 8.42 Å². The normalized spacial score (nSPS) is 20.4. The molecule has 1 aliphatic heterocycles. The standard InChI is InChI=1S/C14H21NO3S/c1-3-4-9-19(16,17)15-10-12(2)18-14-8-6-5-7-13(14)11-15/h5-8,12H,3-4,9-11H2,1-2H3. The van der Waals surface area contributed by atoms with E-state index in [4.69, 9.17) is 4.74 Å². The number of para-hydroxylation sites is 1. The van der Waals surface area contributed by atoms with Gasteiger partial charge < -0.3 is 4.74 Å². The fourth-order valence-corrected chi connectivity index (χ4v) is 3.90. The van der Waals surface area contributed by atoms with Gasteiger partial charge in [-0.3, -0.25) is 0 Å². The first-order valence-corrected chi connectivity index (χ1v) is 8.36. The minimum absolute atomic E-state index is 0.125. The molecule has 4 nitrogen and oxygen atoms in total. The minimum Gasteiger partial charge on any atom is -0.489 e. The van der Waals surface area contributed by atoms with Gasteiger partial charge in [0.2, 0.25) is 10.0 Å². The molecule has 0 fully saturated rings. The second-order valence-electron chi connectivity index (χ2n) is 5.00. The predicted octanol–water partition coefficient (Wildman–Crippen LogP) is 2.40. The Balaban J connectivity index is 2.24. The van der Waals surface area contributed by atoms with E-state index in [0.717, 1.165) is 17.7 Å². The van der Waals surface area contributed by atoms with Crippen molar-refractivity contribution in [3.63, 3.8) is 0 Å². The van der Waals surface area contributed by atoms with E-state index < -0.39 is 10.0 Å². The summed E-state index contributed by atoms with van der Waals surface area (Å²) in [5.41, 5.74) is 0.937. The van der Waals surface area contributed by atoms with Crippen LogP contribution in [0.25, 0.3) is 0 Å². The maximum Gasteiger partial charge on any atom is 0.214 e. The van der Waals surface area contributed by atoms with Crippen molar-refractivity contribution in [3.8, 4) is 5.75 Å². The van der Waals surface area contributed by atoms with E-state index in [1.165, 1.54) is 0 Å². The second kappa shape index (κ2) is 5.92. The van der Waals surface area contributed by atoms with E-state index in [1.807, 2.05) is 38.1 Å². The monoisotopic (exact) mass is 283 g/mol. The summed E-state index contributed by atoms with van der Waals surface area (Å²) in [5.74, 6) is 1.02. The lowest BCUT2D eigenvalue weighted by atomic mass is 10.2. The van der Waals surface area contributed by atoms with Gasteiger partial charge in [-0.15, -0.1) is 0 Å². The molecule has 19 heavy (non-hydrogen) atoms. The average Bonchev–Trinajstić information content (AvgIpc) is 2.54. The number of hydrogen-bond donors (Lipinski definition) is 0. The quantitative estimate of drug-likeness (QED) is 0.852. The number of rotatable bonds is 4. The van der Waals surface area contributed by atoms with Crippen LogP contribution in [-0.2, 0) is 16.6 Å². The van der Waals surface area contributed by atoms with Crippen LogP contribution in [0.1, 0.15) is 32.3 Å². The van der Waals surface area contributed by atoms with Crippen molar-refractivity contribution in [3.05, 3.63) is 29.8 Å². The third-order valence-electron chi connectivity index (χ3n) is 3.26. The number of fused-ring (bicyclic) bond motifs is 1. The molecule has 1 aromatic carbocycles. The van der Waals surface area contributed by atoms with Gasteiger partial charge in [0.1, 0.15) is 11.9 Å². The van der Waals surface area contributed by atoms with Crippen molar-refractivity contribution in [1.29, 1.82) is 0 Å². The Kier molecular flexibility index (Phi) is 4.47. The molecule has 1 atom stereocenters. The number of hydrogen-bond acceptors (Lipinski definition) is 3. The van der Waals surface area contributed by atoms with Crippen molar-refractivity contribution in [2.75, 3.05) is 12.3 Å². The molecule has 0 spiro atoms. The van der Waals surface area contributed by atoms with Crippen LogP contribution >= 0.6 is 0 Å². The molecule has 2 rings (SSSR count). The summed E-state index contributed by atoms with van der Waals surface area (Å²) in [5, 5.41) is 0. The molecule has 0 aliphatic carbocycles. The highest BCUT2D eigenvalue weighted by Gasteiger charge is 2.28. The lowest BCUT2D eigenvalue weighted by Crippen LogP contribution is -2.37. The Morgan fingerprint density at radius 1 is 1.37 bits per heavy atom. The molecule has 1 unspecified atom stereocenters. The summed E-state index contributed by atoms with van der Waals surface area (Å²) in [6.07, 6.45) is 1.46. The van der Waals surface area contributed by atoms with Crippen molar-refractivity contribution in [2.24, 2.45) is 0 Å². The number of ether oxygens (including phenoxy) is 1. The molecule has 1 heterocycles. The van der Waals surface area contributed by atoms with Crippen molar-refractivity contribution < 1.29 is 13.2 Å². The van der Waals surface area contributed by atoms with Crippen LogP contribution < -0.4 is 4.74 Å². The predicted molar refractivity (Wildman–Crippen MR) is 75.6 cm³/mol. The van der Waals surface area contributed by atoms with Gasteiger partial charge in [0, 0.05) is 12.1 Å². The highest BCUT2D eigenvalue weighted by Crippen LogP contribution is 2.26. The summed E-state index contributed by atoms with van der Waals surface area (Å²) < 4.78 is 32.0.